The highest BCUT2D eigenvalue weighted by Gasteiger charge is 2.28. The fourth-order valence-corrected chi connectivity index (χ4v) is 2.85. The number of aromatic nitrogens is 2. The van der Waals surface area contributed by atoms with Gasteiger partial charge in [-0.15, -0.1) is 0 Å². The van der Waals surface area contributed by atoms with Crippen LogP contribution in [0.25, 0.3) is 0 Å². The number of H-pyrrole nitrogens is 1. The lowest BCUT2D eigenvalue weighted by Gasteiger charge is -2.31. The summed E-state index contributed by atoms with van der Waals surface area (Å²) in [7, 11) is 0. The molecule has 9 nitrogen and oxygen atoms in total. The van der Waals surface area contributed by atoms with E-state index in [1.54, 1.807) is 13.0 Å². The Labute approximate surface area is 142 Å². The fourth-order valence-electron chi connectivity index (χ4n) is 2.85. The Morgan fingerprint density at radius 2 is 2.20 bits per heavy atom. The van der Waals surface area contributed by atoms with E-state index in [0.717, 1.165) is 5.69 Å². The van der Waals surface area contributed by atoms with E-state index in [2.05, 4.69) is 15.3 Å². The number of carbonyl (C=O) groups is 1. The first kappa shape index (κ1) is 16.8. The van der Waals surface area contributed by atoms with Gasteiger partial charge in [-0.1, -0.05) is 12.1 Å². The molecule has 9 heteroatoms. The zero-order valence-electron chi connectivity index (χ0n) is 13.6. The lowest BCUT2D eigenvalue weighted by atomic mass is 10.1. The molecule has 2 N–H and O–H groups in total. The van der Waals surface area contributed by atoms with E-state index in [4.69, 9.17) is 0 Å². The minimum absolute atomic E-state index is 0.154. The average Bonchev–Trinajstić information content (AvgIpc) is 2.61. The molecule has 130 valence electrons. The summed E-state index contributed by atoms with van der Waals surface area (Å²) in [6.07, 6.45) is 1.95. The molecule has 0 unspecified atom stereocenters. The van der Waals surface area contributed by atoms with E-state index in [9.17, 15) is 19.7 Å². The summed E-state index contributed by atoms with van der Waals surface area (Å²) in [5.41, 5.74) is 1.08. The second-order valence-electron chi connectivity index (χ2n) is 5.82. The van der Waals surface area contributed by atoms with Gasteiger partial charge in [0.15, 0.2) is 0 Å². The van der Waals surface area contributed by atoms with E-state index in [0.29, 0.717) is 25.1 Å². The predicted molar refractivity (Wildman–Crippen MR) is 90.2 cm³/mol. The molecule has 0 spiro atoms. The minimum Gasteiger partial charge on any atom is -0.319 e. The van der Waals surface area contributed by atoms with Gasteiger partial charge >= 0.3 is 0 Å². The topological polar surface area (TPSA) is 121 Å². The largest absolute Gasteiger partial charge is 0.319 e. The van der Waals surface area contributed by atoms with Crippen molar-refractivity contribution in [3.63, 3.8) is 0 Å². The number of amides is 1. The lowest BCUT2D eigenvalue weighted by molar-refractivity contribution is -0.383. The third-order valence-electron chi connectivity index (χ3n) is 4.32. The fraction of sp³-hybridized carbons (Fsp3) is 0.312. The molecule has 1 aliphatic heterocycles. The van der Waals surface area contributed by atoms with Crippen LogP contribution in [0.4, 0.5) is 11.4 Å². The number of nitro groups is 1. The van der Waals surface area contributed by atoms with Gasteiger partial charge in [-0.05, 0) is 13.0 Å². The first-order chi connectivity index (χ1) is 12.0. The Morgan fingerprint density at radius 1 is 1.44 bits per heavy atom. The normalized spacial score (nSPS) is 15.2. The first-order valence-electron chi connectivity index (χ1n) is 7.81. The van der Waals surface area contributed by atoms with Crippen LogP contribution in [0, 0.1) is 10.1 Å². The van der Waals surface area contributed by atoms with Gasteiger partial charge in [-0.25, -0.2) is 4.98 Å². The molecule has 25 heavy (non-hydrogen) atoms. The number of benzene rings is 1. The van der Waals surface area contributed by atoms with Gasteiger partial charge in [-0.2, -0.15) is 0 Å². The zero-order chi connectivity index (χ0) is 18.0. The Morgan fingerprint density at radius 3 is 2.96 bits per heavy atom. The maximum Gasteiger partial charge on any atom is 0.292 e. The molecule has 0 saturated carbocycles. The summed E-state index contributed by atoms with van der Waals surface area (Å²) in [6, 6.07) is 5.44. The number of aromatic amines is 1. The molecule has 2 heterocycles. The molecule has 0 radical (unpaired) electrons. The van der Waals surface area contributed by atoms with Crippen LogP contribution in [0.5, 0.6) is 0 Å². The molecule has 3 rings (SSSR count). The monoisotopic (exact) mass is 343 g/mol. The number of rotatable bonds is 4. The van der Waals surface area contributed by atoms with Crippen LogP contribution in [-0.4, -0.2) is 38.3 Å². The number of carbonyl (C=O) groups excluding carboxylic acids is 1. The maximum atomic E-state index is 12.5. The van der Waals surface area contributed by atoms with E-state index in [1.807, 2.05) is 4.90 Å². The Hall–Kier alpha value is -3.07. The molecule has 0 bridgehead atoms. The second-order valence-corrected chi connectivity index (χ2v) is 5.82. The highest BCUT2D eigenvalue weighted by Crippen LogP contribution is 2.24. The second kappa shape index (κ2) is 6.81. The number of nitro benzene ring substituents is 1. The van der Waals surface area contributed by atoms with Gasteiger partial charge < -0.3 is 10.3 Å². The van der Waals surface area contributed by atoms with Crippen molar-refractivity contribution in [1.82, 2.24) is 14.9 Å². The SMILES string of the molecule is C[C@H](C(=O)Nc1ccccc1[N+](=O)[O-])N1CCc2nc[nH]c(=O)c2C1. The smallest absolute Gasteiger partial charge is 0.292 e. The third-order valence-corrected chi connectivity index (χ3v) is 4.32. The van der Waals surface area contributed by atoms with Crippen LogP contribution >= 0.6 is 0 Å². The van der Waals surface area contributed by atoms with E-state index >= 15 is 0 Å². The van der Waals surface area contributed by atoms with Gasteiger partial charge in [-0.3, -0.25) is 24.6 Å². The Balaban J connectivity index is 1.75. The number of para-hydroxylation sites is 2. The van der Waals surface area contributed by atoms with Crippen molar-refractivity contribution in [2.24, 2.45) is 0 Å². The molecule has 0 saturated heterocycles. The molecule has 0 fully saturated rings. The molecule has 1 aliphatic rings. The van der Waals surface area contributed by atoms with Crippen molar-refractivity contribution in [2.75, 3.05) is 11.9 Å². The highest BCUT2D eigenvalue weighted by atomic mass is 16.6. The quantitative estimate of drug-likeness (QED) is 0.632. The van der Waals surface area contributed by atoms with Crippen molar-refractivity contribution in [3.8, 4) is 0 Å². The minimum atomic E-state index is -0.549. The van der Waals surface area contributed by atoms with Gasteiger partial charge in [0.05, 0.1) is 28.5 Å². The van der Waals surface area contributed by atoms with Gasteiger partial charge in [0, 0.05) is 25.6 Å². The zero-order valence-corrected chi connectivity index (χ0v) is 13.6. The molecule has 1 aromatic heterocycles. The summed E-state index contributed by atoms with van der Waals surface area (Å²) in [5, 5.41) is 13.7. The van der Waals surface area contributed by atoms with E-state index in [1.165, 1.54) is 24.5 Å². The predicted octanol–water partition coefficient (Wildman–Crippen LogP) is 1.06. The average molecular weight is 343 g/mol. The van der Waals surface area contributed by atoms with Crippen molar-refractivity contribution in [3.05, 3.63) is 62.3 Å². The summed E-state index contributed by atoms with van der Waals surface area (Å²) >= 11 is 0. The van der Waals surface area contributed by atoms with Gasteiger partial charge in [0.2, 0.25) is 5.91 Å². The summed E-state index contributed by atoms with van der Waals surface area (Å²) in [5.74, 6) is -0.363. The van der Waals surface area contributed by atoms with E-state index in [-0.39, 0.29) is 22.8 Å². The summed E-state index contributed by atoms with van der Waals surface area (Å²) < 4.78 is 0. The van der Waals surface area contributed by atoms with Gasteiger partial charge in [0.25, 0.3) is 11.2 Å². The molecule has 1 atom stereocenters. The Bertz CT molecular complexity index is 879. The van der Waals surface area contributed by atoms with Crippen molar-refractivity contribution in [1.29, 1.82) is 0 Å². The van der Waals surface area contributed by atoms with Crippen LogP contribution in [-0.2, 0) is 17.8 Å². The summed E-state index contributed by atoms with van der Waals surface area (Å²) in [6.45, 7) is 2.60. The van der Waals surface area contributed by atoms with E-state index < -0.39 is 11.0 Å². The lowest BCUT2D eigenvalue weighted by Crippen LogP contribution is -2.46. The molecule has 1 amide bonds. The van der Waals surface area contributed by atoms with Crippen LogP contribution < -0.4 is 10.9 Å². The molecule has 1 aromatic carbocycles. The summed E-state index contributed by atoms with van der Waals surface area (Å²) in [4.78, 5) is 43.5. The van der Waals surface area contributed by atoms with Crippen molar-refractivity contribution >= 4 is 17.3 Å². The first-order valence-corrected chi connectivity index (χ1v) is 7.81. The Kier molecular flexibility index (Phi) is 4.57. The highest BCUT2D eigenvalue weighted by molar-refractivity contribution is 5.96. The standard InChI is InChI=1S/C16H17N5O4/c1-10(15(22)19-13-4-2-3-5-14(13)21(24)25)20-7-6-12-11(8-20)16(23)18-9-17-12/h2-5,9-10H,6-8H2,1H3,(H,19,22)(H,17,18,23)/t10-/m1/s1. The van der Waals surface area contributed by atoms with Crippen molar-refractivity contribution < 1.29 is 9.72 Å². The number of nitrogens with one attached hydrogen (secondary N) is 2. The number of nitrogens with zero attached hydrogens (tertiary/aromatic N) is 3. The maximum absolute atomic E-state index is 12.5. The number of hydrogen-bond acceptors (Lipinski definition) is 6. The van der Waals surface area contributed by atoms with Crippen molar-refractivity contribution in [2.45, 2.75) is 25.9 Å². The van der Waals surface area contributed by atoms with Gasteiger partial charge in [0.1, 0.15) is 5.69 Å². The van der Waals surface area contributed by atoms with Crippen LogP contribution in [0.2, 0.25) is 0 Å². The van der Waals surface area contributed by atoms with Crippen LogP contribution in [0.15, 0.2) is 35.4 Å². The molecule has 2 aromatic rings. The third kappa shape index (κ3) is 3.41. The molecular weight excluding hydrogens is 326 g/mol. The number of hydrogen-bond donors (Lipinski definition) is 2. The van der Waals surface area contributed by atoms with Crippen LogP contribution in [0.3, 0.4) is 0 Å². The molecule has 0 aliphatic carbocycles. The number of fused-ring (bicyclic) bond motifs is 1. The van der Waals surface area contributed by atoms with Crippen LogP contribution in [0.1, 0.15) is 18.2 Å². The number of anilines is 1. The molecular formula is C16H17N5O4.